The average Bonchev–Trinajstić information content (AvgIpc) is 2.93. The van der Waals surface area contributed by atoms with Crippen LogP contribution in [0, 0.1) is 0 Å². The third kappa shape index (κ3) is 2.67. The Morgan fingerprint density at radius 3 is 2.25 bits per heavy atom. The van der Waals surface area contributed by atoms with E-state index in [1.165, 1.54) is 11.1 Å². The van der Waals surface area contributed by atoms with E-state index in [0.29, 0.717) is 6.61 Å². The lowest BCUT2D eigenvalue weighted by molar-refractivity contribution is -0.114. The van der Waals surface area contributed by atoms with E-state index >= 15 is 0 Å². The highest BCUT2D eigenvalue weighted by Gasteiger charge is 2.29. The fourth-order valence-corrected chi connectivity index (χ4v) is 2.50. The molecule has 2 aromatic carbocycles. The molecule has 0 saturated heterocycles. The Morgan fingerprint density at radius 1 is 0.950 bits per heavy atom. The fraction of sp³-hybridized carbons (Fsp3) is 0.222. The van der Waals surface area contributed by atoms with Crippen molar-refractivity contribution in [2.24, 2.45) is 0 Å². The summed E-state index contributed by atoms with van der Waals surface area (Å²) in [7, 11) is 0. The Balaban J connectivity index is 1.95. The van der Waals surface area contributed by atoms with Crippen molar-refractivity contribution >= 4 is 5.57 Å². The molecule has 2 unspecified atom stereocenters. The van der Waals surface area contributed by atoms with E-state index in [4.69, 9.17) is 9.47 Å². The lowest BCUT2D eigenvalue weighted by Crippen LogP contribution is -2.11. The van der Waals surface area contributed by atoms with Gasteiger partial charge in [0.25, 0.3) is 0 Å². The summed E-state index contributed by atoms with van der Waals surface area (Å²) in [6, 6.07) is 20.6. The molecule has 3 rings (SSSR count). The van der Waals surface area contributed by atoms with Gasteiger partial charge in [-0.15, -0.1) is 0 Å². The van der Waals surface area contributed by atoms with Crippen LogP contribution in [0.1, 0.15) is 24.2 Å². The molecule has 102 valence electrons. The van der Waals surface area contributed by atoms with Crippen LogP contribution in [0.3, 0.4) is 0 Å². The topological polar surface area (TPSA) is 18.5 Å². The minimum absolute atomic E-state index is 0.0600. The van der Waals surface area contributed by atoms with Gasteiger partial charge in [0.1, 0.15) is 6.10 Å². The highest BCUT2D eigenvalue weighted by Crippen LogP contribution is 2.39. The summed E-state index contributed by atoms with van der Waals surface area (Å²) >= 11 is 0. The molecule has 2 heteroatoms. The molecule has 1 heterocycles. The van der Waals surface area contributed by atoms with Crippen molar-refractivity contribution in [1.29, 1.82) is 0 Å². The van der Waals surface area contributed by atoms with Crippen molar-refractivity contribution in [2.75, 3.05) is 6.61 Å². The smallest absolute Gasteiger partial charge is 0.178 e. The van der Waals surface area contributed by atoms with Gasteiger partial charge in [0.15, 0.2) is 6.29 Å². The largest absolute Gasteiger partial charge is 0.349 e. The van der Waals surface area contributed by atoms with Crippen molar-refractivity contribution in [3.63, 3.8) is 0 Å². The van der Waals surface area contributed by atoms with Crippen molar-refractivity contribution in [3.05, 3.63) is 77.9 Å². The molecular weight excluding hydrogens is 248 g/mol. The van der Waals surface area contributed by atoms with Gasteiger partial charge in [-0.2, -0.15) is 0 Å². The Morgan fingerprint density at radius 2 is 1.60 bits per heavy atom. The van der Waals surface area contributed by atoms with E-state index in [2.05, 4.69) is 30.3 Å². The minimum atomic E-state index is -0.264. The number of hydrogen-bond donors (Lipinski definition) is 0. The predicted octanol–water partition coefficient (Wildman–Crippen LogP) is 4.20. The summed E-state index contributed by atoms with van der Waals surface area (Å²) in [6.45, 7) is 2.62. The van der Waals surface area contributed by atoms with Crippen molar-refractivity contribution in [3.8, 4) is 0 Å². The van der Waals surface area contributed by atoms with Crippen LogP contribution in [0.15, 0.2) is 66.7 Å². The molecule has 0 bridgehead atoms. The van der Waals surface area contributed by atoms with Gasteiger partial charge in [-0.1, -0.05) is 60.7 Å². The van der Waals surface area contributed by atoms with Gasteiger partial charge in [-0.05, 0) is 29.7 Å². The summed E-state index contributed by atoms with van der Waals surface area (Å²) in [4.78, 5) is 0. The SMILES string of the molecule is CCOC1C=C(c2ccccc2)C(c2ccccc2)O1. The predicted molar refractivity (Wildman–Crippen MR) is 80.1 cm³/mol. The number of benzene rings is 2. The van der Waals surface area contributed by atoms with Gasteiger partial charge in [0.05, 0.1) is 0 Å². The molecule has 2 atom stereocenters. The van der Waals surface area contributed by atoms with Crippen LogP contribution >= 0.6 is 0 Å². The second kappa shape index (κ2) is 6.04. The molecule has 0 spiro atoms. The van der Waals surface area contributed by atoms with E-state index < -0.39 is 0 Å². The van der Waals surface area contributed by atoms with Crippen LogP contribution in [0.5, 0.6) is 0 Å². The highest BCUT2D eigenvalue weighted by atomic mass is 16.7. The zero-order chi connectivity index (χ0) is 13.8. The Hall–Kier alpha value is -1.90. The molecule has 0 amide bonds. The molecule has 0 radical (unpaired) electrons. The first-order chi connectivity index (χ1) is 9.88. The average molecular weight is 266 g/mol. The first kappa shape index (κ1) is 13.1. The minimum Gasteiger partial charge on any atom is -0.349 e. The van der Waals surface area contributed by atoms with Gasteiger partial charge in [0, 0.05) is 6.61 Å². The number of ether oxygens (including phenoxy) is 2. The normalized spacial score (nSPS) is 21.8. The van der Waals surface area contributed by atoms with E-state index in [0.717, 1.165) is 5.56 Å². The zero-order valence-electron chi connectivity index (χ0n) is 11.5. The standard InChI is InChI=1S/C18H18O2/c1-2-19-17-13-16(14-9-5-3-6-10-14)18(20-17)15-11-7-4-8-12-15/h3-13,17-18H,2H2,1H3. The van der Waals surface area contributed by atoms with Gasteiger partial charge < -0.3 is 9.47 Å². The van der Waals surface area contributed by atoms with E-state index in [9.17, 15) is 0 Å². The quantitative estimate of drug-likeness (QED) is 0.825. The van der Waals surface area contributed by atoms with Gasteiger partial charge >= 0.3 is 0 Å². The molecule has 1 aliphatic rings. The van der Waals surface area contributed by atoms with Gasteiger partial charge in [0.2, 0.25) is 0 Å². The third-order valence-electron chi connectivity index (χ3n) is 3.41. The molecular formula is C18H18O2. The first-order valence-electron chi connectivity index (χ1n) is 6.97. The molecule has 0 fully saturated rings. The fourth-order valence-electron chi connectivity index (χ4n) is 2.50. The summed E-state index contributed by atoms with van der Waals surface area (Å²) in [5, 5.41) is 0. The molecule has 1 aliphatic heterocycles. The van der Waals surface area contributed by atoms with Gasteiger partial charge in [-0.3, -0.25) is 0 Å². The van der Waals surface area contributed by atoms with Crippen LogP contribution < -0.4 is 0 Å². The maximum absolute atomic E-state index is 6.04. The lowest BCUT2D eigenvalue weighted by atomic mass is 9.96. The second-order valence-corrected chi connectivity index (χ2v) is 4.74. The van der Waals surface area contributed by atoms with Crippen LogP contribution in [-0.4, -0.2) is 12.9 Å². The molecule has 0 N–H and O–H groups in total. The molecule has 2 nitrogen and oxygen atoms in total. The van der Waals surface area contributed by atoms with Crippen molar-refractivity contribution in [2.45, 2.75) is 19.3 Å². The summed E-state index contributed by atoms with van der Waals surface area (Å²) in [6.07, 6.45) is 1.76. The molecule has 2 aromatic rings. The lowest BCUT2D eigenvalue weighted by Gasteiger charge is -2.17. The summed E-state index contributed by atoms with van der Waals surface area (Å²) < 4.78 is 11.6. The molecule has 0 aliphatic carbocycles. The van der Waals surface area contributed by atoms with Crippen LogP contribution in [0.4, 0.5) is 0 Å². The van der Waals surface area contributed by atoms with Crippen LogP contribution in [-0.2, 0) is 9.47 Å². The third-order valence-corrected chi connectivity index (χ3v) is 3.41. The molecule has 20 heavy (non-hydrogen) atoms. The molecule has 0 aromatic heterocycles. The Kier molecular flexibility index (Phi) is 3.95. The van der Waals surface area contributed by atoms with Gasteiger partial charge in [-0.25, -0.2) is 0 Å². The second-order valence-electron chi connectivity index (χ2n) is 4.74. The van der Waals surface area contributed by atoms with E-state index in [-0.39, 0.29) is 12.4 Å². The first-order valence-corrected chi connectivity index (χ1v) is 6.97. The van der Waals surface area contributed by atoms with Crippen molar-refractivity contribution < 1.29 is 9.47 Å². The highest BCUT2D eigenvalue weighted by molar-refractivity contribution is 5.72. The monoisotopic (exact) mass is 266 g/mol. The van der Waals surface area contributed by atoms with E-state index in [1.807, 2.05) is 43.3 Å². The van der Waals surface area contributed by atoms with Crippen molar-refractivity contribution in [1.82, 2.24) is 0 Å². The number of rotatable bonds is 4. The molecule has 0 saturated carbocycles. The Bertz CT molecular complexity index is 575. The summed E-state index contributed by atoms with van der Waals surface area (Å²) in [5.41, 5.74) is 3.52. The maximum Gasteiger partial charge on any atom is 0.178 e. The van der Waals surface area contributed by atoms with E-state index in [1.54, 1.807) is 0 Å². The zero-order valence-corrected chi connectivity index (χ0v) is 11.5. The summed E-state index contributed by atoms with van der Waals surface area (Å²) in [5.74, 6) is 0. The Labute approximate surface area is 119 Å². The maximum atomic E-state index is 6.04. The number of hydrogen-bond acceptors (Lipinski definition) is 2. The van der Waals surface area contributed by atoms with Crippen LogP contribution in [0.25, 0.3) is 5.57 Å². The van der Waals surface area contributed by atoms with Crippen LogP contribution in [0.2, 0.25) is 0 Å².